The minimum absolute atomic E-state index is 0.278. The van der Waals surface area contributed by atoms with Crippen LogP contribution in [0.4, 0.5) is 0 Å². The van der Waals surface area contributed by atoms with Crippen LogP contribution in [0, 0.1) is 0 Å². The number of benzene rings is 2. The van der Waals surface area contributed by atoms with Crippen molar-refractivity contribution >= 4 is 16.9 Å². The minimum atomic E-state index is -0.928. The van der Waals surface area contributed by atoms with E-state index in [0.29, 0.717) is 18.1 Å². The van der Waals surface area contributed by atoms with Gasteiger partial charge in [-0.1, -0.05) is 12.1 Å². The van der Waals surface area contributed by atoms with Gasteiger partial charge in [0.1, 0.15) is 6.61 Å². The molecule has 0 radical (unpaired) electrons. The molecule has 0 atom stereocenters. The lowest BCUT2D eigenvalue weighted by Crippen LogP contribution is -2.02. The Morgan fingerprint density at radius 3 is 2.57 bits per heavy atom. The molecule has 0 saturated heterocycles. The first-order chi connectivity index (χ1) is 11.1. The third kappa shape index (κ3) is 2.85. The maximum Gasteiger partial charge on any atom is 0.335 e. The second-order valence-corrected chi connectivity index (χ2v) is 5.21. The second-order valence-electron chi connectivity index (χ2n) is 5.21. The summed E-state index contributed by atoms with van der Waals surface area (Å²) in [5.74, 6) is 0.425. The van der Waals surface area contributed by atoms with Crippen LogP contribution in [0.1, 0.15) is 16.1 Å². The Hall–Kier alpha value is -2.95. The number of ether oxygens (including phenoxy) is 2. The molecule has 0 fully saturated rings. The Bertz CT molecular complexity index is 867. The first kappa shape index (κ1) is 15.0. The summed E-state index contributed by atoms with van der Waals surface area (Å²) < 4.78 is 13.1. The van der Waals surface area contributed by atoms with Crippen LogP contribution >= 0.6 is 0 Å². The summed E-state index contributed by atoms with van der Waals surface area (Å²) >= 11 is 0. The van der Waals surface area contributed by atoms with Crippen LogP contribution in [0.2, 0.25) is 0 Å². The average Bonchev–Trinajstić information content (AvgIpc) is 2.88. The van der Waals surface area contributed by atoms with Gasteiger partial charge in [-0.25, -0.2) is 4.79 Å². The Morgan fingerprint density at radius 1 is 1.13 bits per heavy atom. The number of fused-ring (bicyclic) bond motifs is 1. The van der Waals surface area contributed by atoms with E-state index in [9.17, 15) is 4.79 Å². The molecule has 0 aliphatic rings. The van der Waals surface area contributed by atoms with Crippen LogP contribution in [0.5, 0.6) is 11.5 Å². The van der Waals surface area contributed by atoms with Crippen molar-refractivity contribution < 1.29 is 19.4 Å². The van der Waals surface area contributed by atoms with Crippen LogP contribution in [0.3, 0.4) is 0 Å². The Kier molecular flexibility index (Phi) is 3.93. The molecule has 2 aromatic carbocycles. The Labute approximate surface area is 133 Å². The van der Waals surface area contributed by atoms with Crippen molar-refractivity contribution in [2.45, 2.75) is 6.61 Å². The van der Waals surface area contributed by atoms with Crippen LogP contribution in [-0.2, 0) is 13.7 Å². The van der Waals surface area contributed by atoms with E-state index >= 15 is 0 Å². The van der Waals surface area contributed by atoms with Gasteiger partial charge in [-0.15, -0.1) is 0 Å². The number of carboxylic acid groups (broad SMARTS) is 1. The minimum Gasteiger partial charge on any atom is -0.493 e. The number of methoxy groups -OCH3 is 1. The molecule has 0 aliphatic heterocycles. The van der Waals surface area contributed by atoms with Gasteiger partial charge in [0.15, 0.2) is 11.5 Å². The Balaban J connectivity index is 1.88. The topological polar surface area (TPSA) is 60.7 Å². The maximum absolute atomic E-state index is 11.1. The summed E-state index contributed by atoms with van der Waals surface area (Å²) in [5, 5.41) is 9.97. The fourth-order valence-electron chi connectivity index (χ4n) is 2.57. The van der Waals surface area contributed by atoms with Gasteiger partial charge in [-0.3, -0.25) is 0 Å². The number of aryl methyl sites for hydroxylation is 1. The fraction of sp³-hybridized carbons (Fsp3) is 0.167. The van der Waals surface area contributed by atoms with Gasteiger partial charge in [0.2, 0.25) is 0 Å². The van der Waals surface area contributed by atoms with Gasteiger partial charge in [0, 0.05) is 18.0 Å². The van der Waals surface area contributed by atoms with Crippen LogP contribution in [-0.4, -0.2) is 22.8 Å². The van der Waals surface area contributed by atoms with Crippen LogP contribution in [0.15, 0.2) is 48.5 Å². The number of aromatic carboxylic acids is 1. The highest BCUT2D eigenvalue weighted by Crippen LogP contribution is 2.27. The quantitative estimate of drug-likeness (QED) is 0.784. The molecule has 1 aromatic heterocycles. The van der Waals surface area contributed by atoms with E-state index in [-0.39, 0.29) is 5.56 Å². The van der Waals surface area contributed by atoms with Gasteiger partial charge >= 0.3 is 5.97 Å². The highest BCUT2D eigenvalue weighted by Gasteiger charge is 2.11. The third-order valence-corrected chi connectivity index (χ3v) is 3.83. The predicted octanol–water partition coefficient (Wildman–Crippen LogP) is 3.46. The van der Waals surface area contributed by atoms with E-state index in [1.165, 1.54) is 0 Å². The summed E-state index contributed by atoms with van der Waals surface area (Å²) in [7, 11) is 3.54. The van der Waals surface area contributed by atoms with Crippen LogP contribution < -0.4 is 9.47 Å². The maximum atomic E-state index is 11.1. The molecule has 3 rings (SSSR count). The van der Waals surface area contributed by atoms with Gasteiger partial charge in [0.25, 0.3) is 0 Å². The molecule has 0 saturated carbocycles. The fourth-order valence-corrected chi connectivity index (χ4v) is 2.57. The third-order valence-electron chi connectivity index (χ3n) is 3.83. The standard InChI is InChI=1S/C18H17NO4/c1-19-14(11-23-17-6-4-3-5-16(17)22-2)10-13-9-12(18(20)21)7-8-15(13)19/h3-10H,11H2,1-2H3,(H,20,21). The highest BCUT2D eigenvalue weighted by atomic mass is 16.5. The largest absolute Gasteiger partial charge is 0.493 e. The van der Waals surface area contributed by atoms with Crippen molar-refractivity contribution in [2.24, 2.45) is 7.05 Å². The molecule has 0 amide bonds. The van der Waals surface area contributed by atoms with Crippen molar-refractivity contribution in [1.82, 2.24) is 4.57 Å². The summed E-state index contributed by atoms with van der Waals surface area (Å²) in [5.41, 5.74) is 2.20. The molecule has 23 heavy (non-hydrogen) atoms. The summed E-state index contributed by atoms with van der Waals surface area (Å²) in [6, 6.07) is 14.5. The molecule has 5 heteroatoms. The molecule has 0 spiro atoms. The normalized spacial score (nSPS) is 10.7. The van der Waals surface area contributed by atoms with E-state index in [1.807, 2.05) is 48.0 Å². The zero-order chi connectivity index (χ0) is 16.4. The monoisotopic (exact) mass is 311 g/mol. The predicted molar refractivity (Wildman–Crippen MR) is 87.2 cm³/mol. The molecule has 5 nitrogen and oxygen atoms in total. The molecule has 0 aliphatic carbocycles. The number of nitrogens with zero attached hydrogens (tertiary/aromatic N) is 1. The van der Waals surface area contributed by atoms with E-state index < -0.39 is 5.97 Å². The van der Waals surface area contributed by atoms with Crippen molar-refractivity contribution in [2.75, 3.05) is 7.11 Å². The van der Waals surface area contributed by atoms with Gasteiger partial charge in [0.05, 0.1) is 18.4 Å². The van der Waals surface area contributed by atoms with Gasteiger partial charge < -0.3 is 19.1 Å². The molecule has 1 N–H and O–H groups in total. The van der Waals surface area contributed by atoms with E-state index in [1.54, 1.807) is 19.2 Å². The lowest BCUT2D eigenvalue weighted by Gasteiger charge is -2.10. The number of hydrogen-bond donors (Lipinski definition) is 1. The van der Waals surface area contributed by atoms with E-state index in [4.69, 9.17) is 14.6 Å². The number of carbonyl (C=O) groups is 1. The lowest BCUT2D eigenvalue weighted by atomic mass is 10.1. The Morgan fingerprint density at radius 2 is 1.87 bits per heavy atom. The zero-order valence-electron chi connectivity index (χ0n) is 12.9. The van der Waals surface area contributed by atoms with Gasteiger partial charge in [-0.05, 0) is 36.4 Å². The molecule has 0 bridgehead atoms. The zero-order valence-corrected chi connectivity index (χ0v) is 12.9. The number of para-hydroxylation sites is 2. The summed E-state index contributed by atoms with van der Waals surface area (Å²) in [4.78, 5) is 11.1. The van der Waals surface area contributed by atoms with Crippen molar-refractivity contribution in [3.05, 3.63) is 59.8 Å². The summed E-state index contributed by atoms with van der Waals surface area (Å²) in [6.07, 6.45) is 0. The summed E-state index contributed by atoms with van der Waals surface area (Å²) in [6.45, 7) is 0.369. The first-order valence-corrected chi connectivity index (χ1v) is 7.17. The molecule has 0 unspecified atom stereocenters. The van der Waals surface area contributed by atoms with Crippen molar-refractivity contribution in [3.8, 4) is 11.5 Å². The molecular formula is C18H17NO4. The van der Waals surface area contributed by atoms with E-state index in [2.05, 4.69) is 0 Å². The number of carboxylic acids is 1. The first-order valence-electron chi connectivity index (χ1n) is 7.17. The SMILES string of the molecule is COc1ccccc1OCc1cc2cc(C(=O)O)ccc2n1C. The molecule has 118 valence electrons. The smallest absolute Gasteiger partial charge is 0.335 e. The molecule has 3 aromatic rings. The number of hydrogen-bond acceptors (Lipinski definition) is 3. The van der Waals surface area contributed by atoms with Gasteiger partial charge in [-0.2, -0.15) is 0 Å². The molecular weight excluding hydrogens is 294 g/mol. The second kappa shape index (κ2) is 6.04. The molecule has 1 heterocycles. The number of rotatable bonds is 5. The van der Waals surface area contributed by atoms with E-state index in [0.717, 1.165) is 16.6 Å². The lowest BCUT2D eigenvalue weighted by molar-refractivity contribution is 0.0697. The average molecular weight is 311 g/mol. The number of aromatic nitrogens is 1. The van der Waals surface area contributed by atoms with Crippen LogP contribution in [0.25, 0.3) is 10.9 Å². The van der Waals surface area contributed by atoms with Crippen molar-refractivity contribution in [1.29, 1.82) is 0 Å². The highest BCUT2D eigenvalue weighted by molar-refractivity contribution is 5.94. The van der Waals surface area contributed by atoms with Crippen molar-refractivity contribution in [3.63, 3.8) is 0 Å².